The van der Waals surface area contributed by atoms with E-state index in [0.29, 0.717) is 43.2 Å². The summed E-state index contributed by atoms with van der Waals surface area (Å²) in [6.45, 7) is 2.21. The number of fused-ring (bicyclic) bond motifs is 1. The van der Waals surface area contributed by atoms with Crippen LogP contribution in [0.5, 0.6) is 17.2 Å². The summed E-state index contributed by atoms with van der Waals surface area (Å²) in [4.78, 5) is 38.8. The number of rotatable bonds is 7. The number of carbonyl (C=O) groups excluding carboxylic acids is 3. The Morgan fingerprint density at radius 2 is 1.84 bits per heavy atom. The highest BCUT2D eigenvalue weighted by Crippen LogP contribution is 2.32. The number of aryl methyl sites for hydroxylation is 1. The lowest BCUT2D eigenvalue weighted by molar-refractivity contribution is -0.133. The average Bonchev–Trinajstić information content (AvgIpc) is 3.01. The van der Waals surface area contributed by atoms with Gasteiger partial charge in [-0.3, -0.25) is 14.5 Å². The molecule has 9 heteroatoms. The van der Waals surface area contributed by atoms with Crippen molar-refractivity contribution in [2.75, 3.05) is 32.2 Å². The van der Waals surface area contributed by atoms with Crippen molar-refractivity contribution in [3.63, 3.8) is 0 Å². The van der Waals surface area contributed by atoms with Crippen molar-refractivity contribution >= 4 is 23.5 Å². The molecule has 0 radical (unpaired) electrons. The smallest absolute Gasteiger partial charge is 0.325 e. The first kappa shape index (κ1) is 21.5. The van der Waals surface area contributed by atoms with E-state index in [1.165, 1.54) is 0 Å². The van der Waals surface area contributed by atoms with E-state index in [4.69, 9.17) is 14.2 Å². The summed E-state index contributed by atoms with van der Waals surface area (Å²) in [5.41, 5.74) is 0.436. The third-order valence-corrected chi connectivity index (χ3v) is 5.55. The summed E-state index contributed by atoms with van der Waals surface area (Å²) in [5.74, 6) is 0.990. The lowest BCUT2D eigenvalue weighted by Crippen LogP contribution is -2.45. The lowest BCUT2D eigenvalue weighted by Gasteiger charge is -2.22. The van der Waals surface area contributed by atoms with Gasteiger partial charge in [0.05, 0.1) is 7.11 Å². The van der Waals surface area contributed by atoms with E-state index in [1.807, 2.05) is 24.3 Å². The molecule has 9 nitrogen and oxygen atoms in total. The first-order chi connectivity index (χ1) is 15.4. The van der Waals surface area contributed by atoms with E-state index in [9.17, 15) is 14.4 Å². The van der Waals surface area contributed by atoms with Gasteiger partial charge in [-0.1, -0.05) is 12.1 Å². The maximum absolute atomic E-state index is 12.9. The fourth-order valence-electron chi connectivity index (χ4n) is 3.71. The average molecular weight is 439 g/mol. The largest absolute Gasteiger partial charge is 0.497 e. The molecule has 0 bridgehead atoms. The molecule has 0 saturated carbocycles. The fraction of sp³-hybridized carbons (Fsp3) is 0.348. The molecule has 32 heavy (non-hydrogen) atoms. The highest BCUT2D eigenvalue weighted by Gasteiger charge is 2.47. The third-order valence-electron chi connectivity index (χ3n) is 5.55. The quantitative estimate of drug-likeness (QED) is 0.642. The number of anilines is 1. The Morgan fingerprint density at radius 3 is 2.56 bits per heavy atom. The van der Waals surface area contributed by atoms with Gasteiger partial charge in [-0.25, -0.2) is 4.79 Å². The van der Waals surface area contributed by atoms with E-state index in [2.05, 4.69) is 10.6 Å². The van der Waals surface area contributed by atoms with Gasteiger partial charge in [-0.2, -0.15) is 0 Å². The molecular weight excluding hydrogens is 414 g/mol. The van der Waals surface area contributed by atoms with Crippen LogP contribution in [0.2, 0.25) is 0 Å². The second kappa shape index (κ2) is 8.78. The number of imide groups is 1. The number of ether oxygens (including phenoxy) is 3. The molecule has 1 fully saturated rings. The summed E-state index contributed by atoms with van der Waals surface area (Å²) in [6.07, 6.45) is 0.994. The van der Waals surface area contributed by atoms with Crippen molar-refractivity contribution in [2.24, 2.45) is 0 Å². The highest BCUT2D eigenvalue weighted by molar-refractivity contribution is 6.09. The molecule has 2 N–H and O–H groups in total. The summed E-state index contributed by atoms with van der Waals surface area (Å²) in [7, 11) is 1.60. The molecule has 0 unspecified atom stereocenters. The predicted molar refractivity (Wildman–Crippen MR) is 116 cm³/mol. The summed E-state index contributed by atoms with van der Waals surface area (Å²) in [6, 6.07) is 12.0. The predicted octanol–water partition coefficient (Wildman–Crippen LogP) is 2.35. The number of nitrogens with zero attached hydrogens (tertiary/aromatic N) is 1. The van der Waals surface area contributed by atoms with Gasteiger partial charge in [-0.05, 0) is 49.6 Å². The van der Waals surface area contributed by atoms with Crippen LogP contribution in [-0.2, 0) is 16.0 Å². The second-order valence-electron chi connectivity index (χ2n) is 7.91. The minimum absolute atomic E-state index is 0.378. The van der Waals surface area contributed by atoms with Crippen molar-refractivity contribution in [1.29, 1.82) is 0 Å². The number of hydrogen-bond acceptors (Lipinski definition) is 6. The number of nitrogens with one attached hydrogen (secondary N) is 2. The van der Waals surface area contributed by atoms with Crippen molar-refractivity contribution in [1.82, 2.24) is 10.2 Å². The zero-order valence-corrected chi connectivity index (χ0v) is 18.0. The zero-order chi connectivity index (χ0) is 22.7. The molecule has 1 atom stereocenters. The SMILES string of the molecule is COc1ccc(CC[C@]2(C)NC(=O)N(CC(=O)Nc3ccc4c(c3)OCCO4)C2=O)cc1. The number of carbonyl (C=O) groups is 3. The molecule has 2 aliphatic heterocycles. The maximum atomic E-state index is 12.9. The second-order valence-corrected chi connectivity index (χ2v) is 7.91. The van der Waals surface area contributed by atoms with Crippen LogP contribution in [0.3, 0.4) is 0 Å². The minimum Gasteiger partial charge on any atom is -0.497 e. The molecule has 2 heterocycles. The molecule has 0 spiro atoms. The van der Waals surface area contributed by atoms with Crippen LogP contribution >= 0.6 is 0 Å². The molecule has 2 aliphatic rings. The summed E-state index contributed by atoms with van der Waals surface area (Å²) >= 11 is 0. The number of hydrogen-bond donors (Lipinski definition) is 2. The summed E-state index contributed by atoms with van der Waals surface area (Å²) in [5, 5.41) is 5.43. The molecule has 4 rings (SSSR count). The van der Waals surface area contributed by atoms with E-state index in [0.717, 1.165) is 16.2 Å². The molecule has 0 aromatic heterocycles. The molecule has 2 aromatic rings. The number of methoxy groups -OCH3 is 1. The summed E-state index contributed by atoms with van der Waals surface area (Å²) < 4.78 is 16.1. The van der Waals surface area contributed by atoms with Gasteiger partial charge < -0.3 is 24.8 Å². The first-order valence-corrected chi connectivity index (χ1v) is 10.3. The van der Waals surface area contributed by atoms with E-state index < -0.39 is 23.4 Å². The number of urea groups is 1. The van der Waals surface area contributed by atoms with Crippen LogP contribution in [0.25, 0.3) is 0 Å². The van der Waals surface area contributed by atoms with Crippen LogP contribution in [-0.4, -0.2) is 55.2 Å². The van der Waals surface area contributed by atoms with Crippen LogP contribution in [0.15, 0.2) is 42.5 Å². The fourth-order valence-corrected chi connectivity index (χ4v) is 3.71. The van der Waals surface area contributed by atoms with E-state index in [1.54, 1.807) is 32.2 Å². The van der Waals surface area contributed by atoms with Gasteiger partial charge in [0, 0.05) is 11.8 Å². The Hall–Kier alpha value is -3.75. The first-order valence-electron chi connectivity index (χ1n) is 10.3. The molecule has 168 valence electrons. The van der Waals surface area contributed by atoms with Crippen LogP contribution in [0.4, 0.5) is 10.5 Å². The van der Waals surface area contributed by atoms with Gasteiger partial charge >= 0.3 is 6.03 Å². The highest BCUT2D eigenvalue weighted by atomic mass is 16.6. The van der Waals surface area contributed by atoms with Gasteiger partial charge in [0.25, 0.3) is 5.91 Å². The molecule has 0 aliphatic carbocycles. The van der Waals surface area contributed by atoms with Crippen LogP contribution < -0.4 is 24.8 Å². The van der Waals surface area contributed by atoms with Crippen LogP contribution in [0.1, 0.15) is 18.9 Å². The Kier molecular flexibility index (Phi) is 5.89. The van der Waals surface area contributed by atoms with Crippen molar-refractivity contribution in [2.45, 2.75) is 25.3 Å². The Bertz CT molecular complexity index is 1040. The zero-order valence-electron chi connectivity index (χ0n) is 18.0. The molecule has 4 amide bonds. The van der Waals surface area contributed by atoms with Crippen molar-refractivity contribution in [3.8, 4) is 17.2 Å². The van der Waals surface area contributed by atoms with Gasteiger partial charge in [0.1, 0.15) is 31.0 Å². The van der Waals surface area contributed by atoms with Gasteiger partial charge in [0.15, 0.2) is 11.5 Å². The van der Waals surface area contributed by atoms with Crippen LogP contribution in [0, 0.1) is 0 Å². The maximum Gasteiger partial charge on any atom is 0.325 e. The Labute approximate surface area is 185 Å². The number of amides is 4. The van der Waals surface area contributed by atoms with Gasteiger partial charge in [-0.15, -0.1) is 0 Å². The van der Waals surface area contributed by atoms with Crippen molar-refractivity contribution in [3.05, 3.63) is 48.0 Å². The monoisotopic (exact) mass is 439 g/mol. The molecular formula is C23H25N3O6. The number of benzene rings is 2. The third kappa shape index (κ3) is 4.46. The Morgan fingerprint density at radius 1 is 1.12 bits per heavy atom. The minimum atomic E-state index is -1.08. The molecule has 2 aromatic carbocycles. The van der Waals surface area contributed by atoms with E-state index in [-0.39, 0.29) is 6.54 Å². The lowest BCUT2D eigenvalue weighted by atomic mass is 9.93. The van der Waals surface area contributed by atoms with E-state index >= 15 is 0 Å². The normalized spacial score (nSPS) is 19.5. The van der Waals surface area contributed by atoms with Crippen molar-refractivity contribution < 1.29 is 28.6 Å². The Balaban J connectivity index is 1.36. The standard InChI is InChI=1S/C23H25N3O6/c1-23(10-9-15-3-6-17(30-2)7-4-15)21(28)26(22(29)25-23)14-20(27)24-16-5-8-18-19(13-16)32-12-11-31-18/h3-8,13H,9-12,14H2,1-2H3,(H,24,27)(H,25,29)/t23-/m0/s1. The molecule has 1 saturated heterocycles. The van der Waals surface area contributed by atoms with Gasteiger partial charge in [0.2, 0.25) is 5.91 Å². The topological polar surface area (TPSA) is 106 Å².